The zero-order valence-electron chi connectivity index (χ0n) is 50.5. The molecule has 11 atom stereocenters. The minimum Gasteiger partial charge on any atom is -0.464 e. The molecule has 1 aliphatic rings. The standard InChI is InChI=1S/C58H99N7O15/c1-16-38(9)51(64(12)56(72)50(37(7)8)63-55(71)49(35(3)4)36(5)6)45(75-13)32-47(68)65-29-21-25-44(65)52(77-15)39(10)53(69)62-43(31-41-23-19-18-20-24-41)54(70)59-27-22-30-78-57(73)40(11)61-46(67)26-28-60-58(74)79-34-48(76-14)80-42(17-2)33-66/h18-20,23-24,35-40,42-45,48-52,66H,16-17,21-22,25-34H2,1-15H3,(H,59,70)(H,60,74)(H,61,67)(H,62,69)(H,63,71)/t38-,39+,40-,42?,43-,44-,45+,48?,50-,51-,52+/m0/s1. The zero-order valence-corrected chi connectivity index (χ0v) is 50.5. The summed E-state index contributed by atoms with van der Waals surface area (Å²) in [4.78, 5) is 111. The van der Waals surface area contributed by atoms with Gasteiger partial charge in [0.1, 0.15) is 24.7 Å². The van der Waals surface area contributed by atoms with Gasteiger partial charge in [0, 0.05) is 66.8 Å². The van der Waals surface area contributed by atoms with Gasteiger partial charge >= 0.3 is 12.1 Å². The van der Waals surface area contributed by atoms with Crippen LogP contribution in [-0.2, 0) is 68.4 Å². The summed E-state index contributed by atoms with van der Waals surface area (Å²) in [6.45, 7) is 20.7. The lowest BCUT2D eigenvalue weighted by molar-refractivity contribution is -0.181. The summed E-state index contributed by atoms with van der Waals surface area (Å²) in [5.41, 5.74) is 0.800. The summed E-state index contributed by atoms with van der Waals surface area (Å²) in [5.74, 6) is -4.01. The third kappa shape index (κ3) is 22.8. The van der Waals surface area contributed by atoms with Gasteiger partial charge in [-0.2, -0.15) is 0 Å². The minimum atomic E-state index is -1.01. The fourth-order valence-corrected chi connectivity index (χ4v) is 10.2. The maximum Gasteiger partial charge on any atom is 0.407 e. The van der Waals surface area contributed by atoms with Crippen LogP contribution in [0.25, 0.3) is 0 Å². The number of carbonyl (C=O) groups is 8. The van der Waals surface area contributed by atoms with Crippen molar-refractivity contribution < 1.29 is 71.9 Å². The lowest BCUT2D eigenvalue weighted by Crippen LogP contribution is -2.58. The van der Waals surface area contributed by atoms with Crippen molar-refractivity contribution in [2.75, 3.05) is 67.8 Å². The highest BCUT2D eigenvalue weighted by atomic mass is 16.7. The Kier molecular flexibility index (Phi) is 32.5. The average molecular weight is 1130 g/mol. The van der Waals surface area contributed by atoms with Gasteiger partial charge in [-0.3, -0.25) is 28.8 Å². The van der Waals surface area contributed by atoms with Crippen LogP contribution in [0.2, 0.25) is 0 Å². The van der Waals surface area contributed by atoms with E-state index in [2.05, 4.69) is 26.6 Å². The second-order valence-electron chi connectivity index (χ2n) is 22.0. The van der Waals surface area contributed by atoms with E-state index in [-0.39, 0.29) is 106 Å². The van der Waals surface area contributed by atoms with Gasteiger partial charge in [0.15, 0.2) is 6.29 Å². The highest BCUT2D eigenvalue weighted by Gasteiger charge is 2.44. The van der Waals surface area contributed by atoms with E-state index in [4.69, 9.17) is 28.4 Å². The second-order valence-corrected chi connectivity index (χ2v) is 22.0. The number of esters is 1. The van der Waals surface area contributed by atoms with E-state index in [1.165, 1.54) is 28.3 Å². The molecular weight excluding hydrogens is 1030 g/mol. The Labute approximate surface area is 475 Å². The molecule has 7 amide bonds. The van der Waals surface area contributed by atoms with Crippen LogP contribution in [0.3, 0.4) is 0 Å². The van der Waals surface area contributed by atoms with Crippen LogP contribution in [0.1, 0.15) is 127 Å². The Bertz CT molecular complexity index is 2050. The summed E-state index contributed by atoms with van der Waals surface area (Å²) in [6, 6.07) is 5.41. The van der Waals surface area contributed by atoms with Crippen molar-refractivity contribution in [1.29, 1.82) is 0 Å². The number of ether oxygens (including phenoxy) is 6. The maximum atomic E-state index is 14.5. The molecule has 0 radical (unpaired) electrons. The van der Waals surface area contributed by atoms with Crippen LogP contribution < -0.4 is 26.6 Å². The third-order valence-electron chi connectivity index (χ3n) is 15.0. The lowest BCUT2D eigenvalue weighted by Gasteiger charge is -2.41. The van der Waals surface area contributed by atoms with Gasteiger partial charge in [0.25, 0.3) is 0 Å². The van der Waals surface area contributed by atoms with Crippen molar-refractivity contribution in [3.63, 3.8) is 0 Å². The van der Waals surface area contributed by atoms with Crippen molar-refractivity contribution in [1.82, 2.24) is 36.4 Å². The Balaban J connectivity index is 2.07. The molecular formula is C58H99N7O15. The normalized spacial score (nSPS) is 17.3. The van der Waals surface area contributed by atoms with Crippen LogP contribution in [0, 0.1) is 35.5 Å². The fourth-order valence-electron chi connectivity index (χ4n) is 10.2. The number of alkyl carbamates (subject to hydrolysis) is 1. The number of benzene rings is 1. The Morgan fingerprint density at radius 1 is 0.762 bits per heavy atom. The quantitative estimate of drug-likeness (QED) is 0.0311. The molecule has 6 N–H and O–H groups in total. The van der Waals surface area contributed by atoms with Crippen molar-refractivity contribution in [2.45, 2.75) is 182 Å². The van der Waals surface area contributed by atoms with Gasteiger partial charge in [-0.25, -0.2) is 9.59 Å². The SMILES string of the molecule is CCC(CO)OC(COC(=O)NCCC(=O)N[C@@H](C)C(=O)OCCCNC(=O)[C@H](Cc1ccccc1)NC(=O)[C@H](C)[C@@H](OC)[C@@H]1CCCN1C(=O)C[C@@H](OC)[C@H]([C@@H](C)CC)N(C)C(=O)[C@@H](NC(=O)C(C(C)C)C(C)C)C(C)C)OC. The average Bonchev–Trinajstić information content (AvgIpc) is 3.92. The van der Waals surface area contributed by atoms with Gasteiger partial charge in [0.2, 0.25) is 35.4 Å². The Morgan fingerprint density at radius 3 is 1.99 bits per heavy atom. The molecule has 0 aliphatic carbocycles. The van der Waals surface area contributed by atoms with Crippen LogP contribution in [0.4, 0.5) is 4.79 Å². The molecule has 1 aromatic carbocycles. The minimum absolute atomic E-state index is 0.0482. The van der Waals surface area contributed by atoms with Crippen molar-refractivity contribution in [3.8, 4) is 0 Å². The number of hydrogen-bond acceptors (Lipinski definition) is 15. The smallest absolute Gasteiger partial charge is 0.407 e. The highest BCUT2D eigenvalue weighted by Crippen LogP contribution is 2.30. The molecule has 0 aromatic heterocycles. The second kappa shape index (κ2) is 36.8. The third-order valence-corrected chi connectivity index (χ3v) is 15.0. The van der Waals surface area contributed by atoms with E-state index in [9.17, 15) is 43.5 Å². The van der Waals surface area contributed by atoms with E-state index in [1.54, 1.807) is 23.8 Å². The summed E-state index contributed by atoms with van der Waals surface area (Å²) in [7, 11) is 6.11. The number of rotatable bonds is 37. The monoisotopic (exact) mass is 1130 g/mol. The topological polar surface area (TPSA) is 279 Å². The van der Waals surface area contributed by atoms with Crippen molar-refractivity contribution >= 4 is 47.5 Å². The summed E-state index contributed by atoms with van der Waals surface area (Å²) in [6.07, 6.45) is -0.987. The Morgan fingerprint density at radius 2 is 1.43 bits per heavy atom. The molecule has 0 saturated carbocycles. The number of hydrogen-bond donors (Lipinski definition) is 6. The predicted octanol–water partition coefficient (Wildman–Crippen LogP) is 4.13. The number of aliphatic hydroxyl groups excluding tert-OH is 1. The van der Waals surface area contributed by atoms with E-state index >= 15 is 0 Å². The summed E-state index contributed by atoms with van der Waals surface area (Å²) in [5, 5.41) is 23.1. The van der Waals surface area contributed by atoms with Crippen molar-refractivity contribution in [2.24, 2.45) is 35.5 Å². The summed E-state index contributed by atoms with van der Waals surface area (Å²) >= 11 is 0. The zero-order chi connectivity index (χ0) is 60.2. The van der Waals surface area contributed by atoms with Gasteiger partial charge in [-0.05, 0) is 61.8 Å². The number of likely N-dealkylation sites (tertiary alicyclic amines) is 1. The molecule has 0 spiro atoms. The molecule has 456 valence electrons. The molecule has 80 heavy (non-hydrogen) atoms. The fraction of sp³-hybridized carbons (Fsp3) is 0.759. The first kappa shape index (κ1) is 70.7. The van der Waals surface area contributed by atoms with Crippen LogP contribution in [0.15, 0.2) is 30.3 Å². The molecule has 1 saturated heterocycles. The molecule has 0 bridgehead atoms. The number of aliphatic hydroxyl groups is 1. The summed E-state index contributed by atoms with van der Waals surface area (Å²) < 4.78 is 33.1. The van der Waals surface area contributed by atoms with Gasteiger partial charge < -0.3 is 69.9 Å². The molecule has 1 aromatic rings. The highest BCUT2D eigenvalue weighted by molar-refractivity contribution is 5.90. The molecule has 1 fully saturated rings. The van der Waals surface area contributed by atoms with E-state index < -0.39 is 90.5 Å². The lowest BCUT2D eigenvalue weighted by atomic mass is 9.84. The maximum absolute atomic E-state index is 14.5. The first-order valence-electron chi connectivity index (χ1n) is 28.6. The molecule has 22 nitrogen and oxygen atoms in total. The first-order valence-corrected chi connectivity index (χ1v) is 28.6. The first-order chi connectivity index (χ1) is 37.9. The number of nitrogens with zero attached hydrogens (tertiary/aromatic N) is 2. The van der Waals surface area contributed by atoms with Gasteiger partial charge in [-0.15, -0.1) is 0 Å². The van der Waals surface area contributed by atoms with E-state index in [1.807, 2.05) is 92.6 Å². The number of nitrogens with one attached hydrogen (secondary N) is 5. The van der Waals surface area contributed by atoms with Gasteiger partial charge in [-0.1, -0.05) is 106 Å². The van der Waals surface area contributed by atoms with Crippen LogP contribution in [0.5, 0.6) is 0 Å². The number of amides is 7. The van der Waals surface area contributed by atoms with Crippen LogP contribution in [-0.4, -0.2) is 185 Å². The molecule has 2 rings (SSSR count). The molecule has 1 heterocycles. The molecule has 22 heteroatoms. The Hall–Kier alpha value is -5.42. The number of methoxy groups -OCH3 is 3. The number of likely N-dealkylation sites (N-methyl/N-ethyl adjacent to an activating group) is 1. The van der Waals surface area contributed by atoms with Crippen LogP contribution >= 0.6 is 0 Å². The number of carbonyl (C=O) groups excluding carboxylic acids is 8. The predicted molar refractivity (Wildman–Crippen MR) is 301 cm³/mol. The van der Waals surface area contributed by atoms with E-state index in [0.717, 1.165) is 5.56 Å². The van der Waals surface area contributed by atoms with Gasteiger partial charge in [0.05, 0.1) is 55.9 Å². The van der Waals surface area contributed by atoms with E-state index in [0.29, 0.717) is 32.2 Å². The molecule has 2 unspecified atom stereocenters. The van der Waals surface area contributed by atoms with Crippen molar-refractivity contribution in [3.05, 3.63) is 35.9 Å². The molecule has 1 aliphatic heterocycles. The largest absolute Gasteiger partial charge is 0.464 e.